The Morgan fingerprint density at radius 2 is 1.93 bits per heavy atom. The van der Waals surface area contributed by atoms with Crippen LogP contribution in [0.4, 0.5) is 18.9 Å². The van der Waals surface area contributed by atoms with Crippen molar-refractivity contribution in [3.63, 3.8) is 0 Å². The number of amides is 1. The molecule has 150 valence electrons. The van der Waals surface area contributed by atoms with Crippen LogP contribution in [0.3, 0.4) is 0 Å². The van der Waals surface area contributed by atoms with Crippen LogP contribution in [0, 0.1) is 23.7 Å². The summed E-state index contributed by atoms with van der Waals surface area (Å²) in [6.45, 7) is 0. The number of hydrogen-bond acceptors (Lipinski definition) is 4. The Morgan fingerprint density at radius 3 is 2.59 bits per heavy atom. The van der Waals surface area contributed by atoms with Crippen LogP contribution in [0.25, 0.3) is 0 Å². The quantitative estimate of drug-likeness (QED) is 0.684. The van der Waals surface area contributed by atoms with Gasteiger partial charge < -0.3 is 5.32 Å². The molecule has 2 aliphatic carbocycles. The summed E-state index contributed by atoms with van der Waals surface area (Å²) in [5.41, 5.74) is 0.527. The van der Waals surface area contributed by atoms with Crippen molar-refractivity contribution in [2.45, 2.75) is 62.6 Å². The van der Waals surface area contributed by atoms with Gasteiger partial charge in [0.2, 0.25) is 5.91 Å². The first-order chi connectivity index (χ1) is 12.9. The third kappa shape index (κ3) is 5.16. The largest absolute Gasteiger partial charge is 0.391 e. The second-order valence-corrected chi connectivity index (χ2v) is 8.36. The molecule has 0 bridgehead atoms. The van der Waals surface area contributed by atoms with E-state index in [-0.39, 0.29) is 24.7 Å². The molecule has 1 amide bonds. The van der Waals surface area contributed by atoms with E-state index >= 15 is 0 Å². The summed E-state index contributed by atoms with van der Waals surface area (Å²) in [7, 11) is 0. The van der Waals surface area contributed by atoms with Gasteiger partial charge in [0.25, 0.3) is 0 Å². The molecule has 2 fully saturated rings. The van der Waals surface area contributed by atoms with E-state index in [1.165, 1.54) is 12.6 Å². The van der Waals surface area contributed by atoms with E-state index in [0.29, 0.717) is 23.1 Å². The Morgan fingerprint density at radius 1 is 1.19 bits per heavy atom. The summed E-state index contributed by atoms with van der Waals surface area (Å²) >= 11 is 0.961. The third-order valence-electron chi connectivity index (χ3n) is 6.08. The Kier molecular flexibility index (Phi) is 6.68. The summed E-state index contributed by atoms with van der Waals surface area (Å²) in [6.07, 6.45) is 3.24. The zero-order chi connectivity index (χ0) is 19.4. The number of carbonyl (C=O) groups is 1. The summed E-state index contributed by atoms with van der Waals surface area (Å²) < 4.78 is 39.9. The number of alkyl halides is 3. The van der Waals surface area contributed by atoms with Gasteiger partial charge in [-0.2, -0.15) is 13.2 Å². The second kappa shape index (κ2) is 8.82. The minimum atomic E-state index is -4.24. The number of rotatable bonds is 4. The molecule has 1 aromatic heterocycles. The first kappa shape index (κ1) is 20.5. The van der Waals surface area contributed by atoms with Gasteiger partial charge in [-0.3, -0.25) is 9.93 Å². The molecule has 27 heavy (non-hydrogen) atoms. The predicted molar refractivity (Wildman–Crippen MR) is 99.9 cm³/mol. The van der Waals surface area contributed by atoms with Crippen LogP contribution in [0.5, 0.6) is 0 Å². The van der Waals surface area contributed by atoms with Crippen molar-refractivity contribution in [1.29, 1.82) is 0 Å². The molecule has 0 aromatic carbocycles. The molecule has 8 heteroatoms. The van der Waals surface area contributed by atoms with Crippen molar-refractivity contribution in [2.75, 3.05) is 5.32 Å². The molecule has 1 aromatic rings. The average molecular weight is 401 g/mol. The van der Waals surface area contributed by atoms with Crippen molar-refractivity contribution < 1.29 is 18.0 Å². The maximum atomic E-state index is 13.3. The van der Waals surface area contributed by atoms with Crippen LogP contribution in [-0.2, 0) is 4.79 Å². The number of nitrogens with zero attached hydrogens (tertiary/aromatic N) is 1. The van der Waals surface area contributed by atoms with Crippen LogP contribution in [0.1, 0.15) is 51.4 Å². The topological polar surface area (TPSA) is 68.0 Å². The molecule has 0 saturated heterocycles. The van der Waals surface area contributed by atoms with Gasteiger partial charge in [-0.05, 0) is 55.2 Å². The van der Waals surface area contributed by atoms with Gasteiger partial charge in [-0.1, -0.05) is 32.1 Å². The lowest BCUT2D eigenvalue weighted by molar-refractivity contribution is -0.190. The molecule has 0 aliphatic heterocycles. The molecular formula is C19H26F3N3OS. The van der Waals surface area contributed by atoms with Gasteiger partial charge in [0.1, 0.15) is 5.03 Å². The van der Waals surface area contributed by atoms with E-state index in [1.807, 2.05) is 0 Å². The van der Waals surface area contributed by atoms with Crippen LogP contribution < -0.4 is 10.5 Å². The smallest absolute Gasteiger partial charge is 0.326 e. The van der Waals surface area contributed by atoms with Crippen LogP contribution in [0.15, 0.2) is 23.4 Å². The fourth-order valence-electron chi connectivity index (χ4n) is 4.71. The van der Waals surface area contributed by atoms with E-state index in [4.69, 9.17) is 5.14 Å². The Balaban J connectivity index is 1.77. The van der Waals surface area contributed by atoms with E-state index in [9.17, 15) is 18.0 Å². The molecule has 3 rings (SSSR count). The molecule has 3 N–H and O–H groups in total. The SMILES string of the molecule is NSc1cc(NC(=O)[C@@H]2CC(C(F)(F)F)CCC2C2CCCCC2)ccn1. The highest BCUT2D eigenvalue weighted by Gasteiger charge is 2.48. The molecule has 0 radical (unpaired) electrons. The highest BCUT2D eigenvalue weighted by atomic mass is 32.2. The summed E-state index contributed by atoms with van der Waals surface area (Å²) in [4.78, 5) is 17.0. The molecule has 1 heterocycles. The van der Waals surface area contributed by atoms with Crippen molar-refractivity contribution >= 4 is 23.5 Å². The fraction of sp³-hybridized carbons (Fsp3) is 0.684. The van der Waals surface area contributed by atoms with Crippen LogP contribution in [0.2, 0.25) is 0 Å². The van der Waals surface area contributed by atoms with Crippen molar-refractivity contribution in [1.82, 2.24) is 4.98 Å². The van der Waals surface area contributed by atoms with Gasteiger partial charge in [0.05, 0.1) is 5.92 Å². The Bertz CT molecular complexity index is 649. The number of anilines is 1. The zero-order valence-corrected chi connectivity index (χ0v) is 16.0. The molecule has 3 atom stereocenters. The lowest BCUT2D eigenvalue weighted by Gasteiger charge is -2.41. The Labute approximate surface area is 162 Å². The lowest BCUT2D eigenvalue weighted by atomic mass is 9.65. The van der Waals surface area contributed by atoms with Crippen molar-refractivity contribution in [3.05, 3.63) is 18.3 Å². The molecule has 2 unspecified atom stereocenters. The normalized spacial score (nSPS) is 27.3. The highest BCUT2D eigenvalue weighted by molar-refractivity contribution is 7.97. The predicted octanol–water partition coefficient (Wildman–Crippen LogP) is 5.16. The highest BCUT2D eigenvalue weighted by Crippen LogP contribution is 2.47. The number of carbonyl (C=O) groups excluding carboxylic acids is 1. The maximum absolute atomic E-state index is 13.3. The van der Waals surface area contributed by atoms with Crippen molar-refractivity contribution in [3.8, 4) is 0 Å². The molecule has 0 spiro atoms. The van der Waals surface area contributed by atoms with Crippen LogP contribution >= 0.6 is 11.9 Å². The van der Waals surface area contributed by atoms with E-state index < -0.39 is 18.0 Å². The summed E-state index contributed by atoms with van der Waals surface area (Å²) in [5.74, 6) is -1.90. The van der Waals surface area contributed by atoms with Gasteiger partial charge >= 0.3 is 6.18 Å². The van der Waals surface area contributed by atoms with Gasteiger partial charge in [0.15, 0.2) is 0 Å². The summed E-state index contributed by atoms with van der Waals surface area (Å²) in [6, 6.07) is 3.28. The summed E-state index contributed by atoms with van der Waals surface area (Å²) in [5, 5.41) is 8.86. The molecular weight excluding hydrogens is 375 g/mol. The average Bonchev–Trinajstić information content (AvgIpc) is 2.67. The zero-order valence-electron chi connectivity index (χ0n) is 15.2. The van der Waals surface area contributed by atoms with E-state index in [0.717, 1.165) is 37.6 Å². The molecule has 2 saturated carbocycles. The van der Waals surface area contributed by atoms with E-state index in [1.54, 1.807) is 12.1 Å². The first-order valence-electron chi connectivity index (χ1n) is 9.59. The standard InChI is InChI=1S/C19H26F3N3OS/c20-19(21,22)13-6-7-15(12-4-2-1-3-5-12)16(10-13)18(26)25-14-8-9-24-17(11-14)27-23/h8-9,11-13,15-16H,1-7,10,23H2,(H,24,25,26)/t13?,15?,16-/m1/s1. The fourth-order valence-corrected chi connectivity index (χ4v) is 5.02. The Hall–Kier alpha value is -1.28. The maximum Gasteiger partial charge on any atom is 0.391 e. The number of aromatic nitrogens is 1. The number of nitrogens with two attached hydrogens (primary N) is 1. The van der Waals surface area contributed by atoms with Crippen LogP contribution in [-0.4, -0.2) is 17.1 Å². The number of nitrogens with one attached hydrogen (secondary N) is 1. The van der Waals surface area contributed by atoms with Crippen molar-refractivity contribution in [2.24, 2.45) is 28.8 Å². The third-order valence-corrected chi connectivity index (χ3v) is 6.55. The monoisotopic (exact) mass is 401 g/mol. The molecule has 2 aliphatic rings. The minimum absolute atomic E-state index is 0.0362. The van der Waals surface area contributed by atoms with Gasteiger partial charge in [0, 0.05) is 17.8 Å². The lowest BCUT2D eigenvalue weighted by Crippen LogP contribution is -2.42. The van der Waals surface area contributed by atoms with Gasteiger partial charge in [-0.25, -0.2) is 4.98 Å². The number of hydrogen-bond donors (Lipinski definition) is 2. The minimum Gasteiger partial charge on any atom is -0.326 e. The van der Waals surface area contributed by atoms with Gasteiger partial charge in [-0.15, -0.1) is 0 Å². The first-order valence-corrected chi connectivity index (χ1v) is 10.5. The molecule has 4 nitrogen and oxygen atoms in total. The number of pyridine rings is 1. The number of halogens is 3. The van der Waals surface area contributed by atoms with E-state index in [2.05, 4.69) is 10.3 Å². The second-order valence-electron chi connectivity index (χ2n) is 7.71.